The summed E-state index contributed by atoms with van der Waals surface area (Å²) < 4.78 is 0. The molecule has 0 spiro atoms. The minimum atomic E-state index is -0.698. The Morgan fingerprint density at radius 2 is 2.27 bits per heavy atom. The first kappa shape index (κ1) is 10.7. The second-order valence-electron chi connectivity index (χ2n) is 2.71. The Hall–Kier alpha value is -2.40. The van der Waals surface area contributed by atoms with Crippen molar-refractivity contribution in [2.45, 2.75) is 6.92 Å². The number of hydrogen-bond donors (Lipinski definition) is 0. The molecule has 0 aliphatic heterocycles. The maximum atomic E-state index is 11.0. The lowest BCUT2D eigenvalue weighted by molar-refractivity contribution is -0.384. The van der Waals surface area contributed by atoms with Crippen LogP contribution in [0.3, 0.4) is 0 Å². The number of rotatable bonds is 3. The maximum Gasteiger partial charge on any atom is 0.279 e. The van der Waals surface area contributed by atoms with Gasteiger partial charge in [0.25, 0.3) is 5.69 Å². The minimum absolute atomic E-state index is 0.104. The zero-order chi connectivity index (χ0) is 11.4. The molecule has 1 aromatic carbocycles. The molecular formula is C8H6N4O3. The highest BCUT2D eigenvalue weighted by Gasteiger charge is 2.14. The predicted octanol–water partition coefficient (Wildman–Crippen LogP) is 2.74. The van der Waals surface area contributed by atoms with E-state index < -0.39 is 4.92 Å². The number of Topliss-reactive ketones (excluding diaryl/α,β-unsaturated/α-hetero) is 1. The smallest absolute Gasteiger partial charge is 0.279 e. The summed E-state index contributed by atoms with van der Waals surface area (Å²) in [5.41, 5.74) is 7.90. The quantitative estimate of drug-likeness (QED) is 0.189. The van der Waals surface area contributed by atoms with E-state index in [1.54, 1.807) is 0 Å². The van der Waals surface area contributed by atoms with Crippen molar-refractivity contribution in [3.8, 4) is 0 Å². The highest BCUT2D eigenvalue weighted by atomic mass is 16.6. The Morgan fingerprint density at radius 1 is 1.60 bits per heavy atom. The number of ketones is 1. The monoisotopic (exact) mass is 206 g/mol. The van der Waals surface area contributed by atoms with E-state index in [1.807, 2.05) is 0 Å². The van der Waals surface area contributed by atoms with Crippen LogP contribution in [0.4, 0.5) is 11.4 Å². The van der Waals surface area contributed by atoms with Crippen LogP contribution in [0.1, 0.15) is 17.3 Å². The average molecular weight is 206 g/mol. The van der Waals surface area contributed by atoms with Crippen molar-refractivity contribution in [2.24, 2.45) is 5.11 Å². The van der Waals surface area contributed by atoms with Crippen LogP contribution in [-0.4, -0.2) is 10.7 Å². The van der Waals surface area contributed by atoms with E-state index in [0.29, 0.717) is 0 Å². The fourth-order valence-electron chi connectivity index (χ4n) is 1.02. The second-order valence-corrected chi connectivity index (χ2v) is 2.71. The van der Waals surface area contributed by atoms with E-state index in [4.69, 9.17) is 5.53 Å². The largest absolute Gasteiger partial charge is 0.295 e. The van der Waals surface area contributed by atoms with Crippen LogP contribution < -0.4 is 0 Å². The SMILES string of the molecule is CC(=O)c1ccc(N=[N+]=[N-])c([N+](=O)[O-])c1. The van der Waals surface area contributed by atoms with Gasteiger partial charge < -0.3 is 0 Å². The van der Waals surface area contributed by atoms with Gasteiger partial charge in [-0.15, -0.1) is 0 Å². The molecule has 76 valence electrons. The molecule has 1 rings (SSSR count). The van der Waals surface area contributed by atoms with E-state index in [-0.39, 0.29) is 22.7 Å². The third kappa shape index (κ3) is 2.29. The van der Waals surface area contributed by atoms with Crippen molar-refractivity contribution in [3.63, 3.8) is 0 Å². The molecule has 15 heavy (non-hydrogen) atoms. The number of carbonyl (C=O) groups excluding carboxylic acids is 1. The molecule has 0 saturated heterocycles. The fourth-order valence-corrected chi connectivity index (χ4v) is 1.02. The van der Waals surface area contributed by atoms with Gasteiger partial charge in [0.05, 0.1) is 4.92 Å². The van der Waals surface area contributed by atoms with Crippen molar-refractivity contribution >= 4 is 17.2 Å². The molecule has 0 unspecified atom stereocenters. The summed E-state index contributed by atoms with van der Waals surface area (Å²) in [5.74, 6) is -0.286. The van der Waals surface area contributed by atoms with Crippen LogP contribution in [0.2, 0.25) is 0 Å². The predicted molar refractivity (Wildman–Crippen MR) is 51.9 cm³/mol. The zero-order valence-corrected chi connectivity index (χ0v) is 7.75. The molecule has 7 nitrogen and oxygen atoms in total. The van der Waals surface area contributed by atoms with Crippen molar-refractivity contribution in [3.05, 3.63) is 44.3 Å². The molecule has 0 aromatic heterocycles. The summed E-state index contributed by atoms with van der Waals surface area (Å²) in [6.45, 7) is 1.30. The van der Waals surface area contributed by atoms with Crippen LogP contribution in [0.15, 0.2) is 23.3 Å². The molecular weight excluding hydrogens is 200 g/mol. The minimum Gasteiger partial charge on any atom is -0.295 e. The zero-order valence-electron chi connectivity index (χ0n) is 7.75. The Labute approximate surface area is 84.1 Å². The van der Waals surface area contributed by atoms with Gasteiger partial charge in [0, 0.05) is 16.5 Å². The van der Waals surface area contributed by atoms with Gasteiger partial charge in [-0.1, -0.05) is 11.2 Å². The number of hydrogen-bond acceptors (Lipinski definition) is 4. The van der Waals surface area contributed by atoms with Crippen molar-refractivity contribution in [2.75, 3.05) is 0 Å². The molecule has 0 bridgehead atoms. The van der Waals surface area contributed by atoms with Crippen LogP contribution in [-0.2, 0) is 0 Å². The van der Waals surface area contributed by atoms with Gasteiger partial charge in [-0.3, -0.25) is 14.9 Å². The van der Waals surface area contributed by atoms with Crippen LogP contribution in [0, 0.1) is 10.1 Å². The Morgan fingerprint density at radius 3 is 2.73 bits per heavy atom. The highest BCUT2D eigenvalue weighted by molar-refractivity contribution is 5.95. The molecule has 0 aliphatic carbocycles. The normalized spacial score (nSPS) is 9.13. The van der Waals surface area contributed by atoms with E-state index >= 15 is 0 Å². The van der Waals surface area contributed by atoms with Crippen molar-refractivity contribution < 1.29 is 9.72 Å². The summed E-state index contributed by atoms with van der Waals surface area (Å²) in [6, 6.07) is 3.71. The van der Waals surface area contributed by atoms with Crippen LogP contribution in [0.25, 0.3) is 10.4 Å². The first-order valence-corrected chi connectivity index (χ1v) is 3.90. The van der Waals surface area contributed by atoms with Gasteiger partial charge in [0.2, 0.25) is 0 Å². The first-order chi connectivity index (χ1) is 7.06. The molecule has 0 radical (unpaired) electrons. The standard InChI is InChI=1S/C8H6N4O3/c1-5(13)6-2-3-7(10-11-9)8(4-6)12(14)15/h2-4H,1H3. The highest BCUT2D eigenvalue weighted by Crippen LogP contribution is 2.28. The number of nitro groups is 1. The number of carbonyl (C=O) groups is 1. The Balaban J connectivity index is 3.39. The van der Waals surface area contributed by atoms with Gasteiger partial charge in [0.1, 0.15) is 5.69 Å². The Kier molecular flexibility index (Phi) is 3.00. The van der Waals surface area contributed by atoms with Crippen molar-refractivity contribution in [1.29, 1.82) is 0 Å². The summed E-state index contributed by atoms with van der Waals surface area (Å²) in [4.78, 5) is 23.3. The summed E-state index contributed by atoms with van der Waals surface area (Å²) in [6.07, 6.45) is 0. The van der Waals surface area contributed by atoms with Crippen LogP contribution >= 0.6 is 0 Å². The lowest BCUT2D eigenvalue weighted by Gasteiger charge is -1.98. The van der Waals surface area contributed by atoms with Gasteiger partial charge in [-0.25, -0.2) is 0 Å². The van der Waals surface area contributed by atoms with E-state index in [9.17, 15) is 14.9 Å². The van der Waals surface area contributed by atoms with Gasteiger partial charge in [-0.2, -0.15) is 0 Å². The van der Waals surface area contributed by atoms with Crippen molar-refractivity contribution in [1.82, 2.24) is 0 Å². The summed E-state index contributed by atoms with van der Waals surface area (Å²) in [5, 5.41) is 13.7. The molecule has 0 N–H and O–H groups in total. The fraction of sp³-hybridized carbons (Fsp3) is 0.125. The molecule has 1 aromatic rings. The number of nitrogens with zero attached hydrogens (tertiary/aromatic N) is 4. The van der Waals surface area contributed by atoms with E-state index in [2.05, 4.69) is 10.0 Å². The third-order valence-electron chi connectivity index (χ3n) is 1.73. The first-order valence-electron chi connectivity index (χ1n) is 3.90. The number of azide groups is 1. The van der Waals surface area contributed by atoms with E-state index in [1.165, 1.54) is 19.1 Å². The van der Waals surface area contributed by atoms with Gasteiger partial charge in [0.15, 0.2) is 5.78 Å². The molecule has 7 heteroatoms. The summed E-state index contributed by atoms with van der Waals surface area (Å²) >= 11 is 0. The average Bonchev–Trinajstić information content (AvgIpc) is 2.18. The third-order valence-corrected chi connectivity index (χ3v) is 1.73. The molecule has 0 fully saturated rings. The molecule has 0 aliphatic rings. The summed E-state index contributed by atoms with van der Waals surface area (Å²) in [7, 11) is 0. The Bertz CT molecular complexity index is 477. The molecule has 0 amide bonds. The van der Waals surface area contributed by atoms with Gasteiger partial charge >= 0.3 is 0 Å². The number of nitro benzene ring substituents is 1. The second kappa shape index (κ2) is 4.21. The molecule has 0 saturated carbocycles. The lowest BCUT2D eigenvalue weighted by Crippen LogP contribution is -1.95. The molecule has 0 atom stereocenters. The van der Waals surface area contributed by atoms with Gasteiger partial charge in [-0.05, 0) is 18.5 Å². The molecule has 0 heterocycles. The number of benzene rings is 1. The topological polar surface area (TPSA) is 109 Å². The lowest BCUT2D eigenvalue weighted by atomic mass is 10.1. The van der Waals surface area contributed by atoms with E-state index in [0.717, 1.165) is 6.07 Å². The van der Waals surface area contributed by atoms with Crippen LogP contribution in [0.5, 0.6) is 0 Å². The maximum absolute atomic E-state index is 11.0.